The minimum absolute atomic E-state index is 0.116. The topological polar surface area (TPSA) is 50.2 Å². The minimum Gasteiger partial charge on any atom is -0.329 e. The Hall–Kier alpha value is -3.29. The molecule has 2 amide bonds. The molecule has 0 aliphatic carbocycles. The molecule has 0 fully saturated rings. The van der Waals surface area contributed by atoms with E-state index in [0.717, 1.165) is 34.9 Å². The number of rotatable bonds is 2. The number of amides is 2. The standard InChI is InChI=1S/C21H19F3N4O/c1-27-18-13-28(11-10-17(18)26-19(27)14-6-3-2-4-7-14)20(29)25-16-9-5-8-15(12-16)21(22,23)24/h2-9,12H,10-11,13H2,1H3,(H,25,29). The first-order valence-electron chi connectivity index (χ1n) is 9.16. The number of imidazole rings is 1. The van der Waals surface area contributed by atoms with Crippen molar-refractivity contribution < 1.29 is 18.0 Å². The van der Waals surface area contributed by atoms with E-state index in [0.29, 0.717) is 19.5 Å². The summed E-state index contributed by atoms with van der Waals surface area (Å²) < 4.78 is 40.6. The van der Waals surface area contributed by atoms with Gasteiger partial charge in [0.05, 0.1) is 23.5 Å². The van der Waals surface area contributed by atoms with Crippen LogP contribution in [0.25, 0.3) is 11.4 Å². The van der Waals surface area contributed by atoms with Gasteiger partial charge in [-0.05, 0) is 18.2 Å². The van der Waals surface area contributed by atoms with Crippen molar-refractivity contribution in [2.45, 2.75) is 19.1 Å². The quantitative estimate of drug-likeness (QED) is 0.678. The van der Waals surface area contributed by atoms with Gasteiger partial charge in [0.25, 0.3) is 0 Å². The summed E-state index contributed by atoms with van der Waals surface area (Å²) in [6.07, 6.45) is -3.87. The summed E-state index contributed by atoms with van der Waals surface area (Å²) in [5.41, 5.74) is 2.18. The smallest absolute Gasteiger partial charge is 0.329 e. The summed E-state index contributed by atoms with van der Waals surface area (Å²) in [5, 5.41) is 2.57. The Morgan fingerprint density at radius 1 is 1.10 bits per heavy atom. The van der Waals surface area contributed by atoms with Crippen LogP contribution in [-0.2, 0) is 26.2 Å². The number of hydrogen-bond donors (Lipinski definition) is 1. The molecular weight excluding hydrogens is 381 g/mol. The lowest BCUT2D eigenvalue weighted by Gasteiger charge is -2.27. The summed E-state index contributed by atoms with van der Waals surface area (Å²) in [6.45, 7) is 0.791. The van der Waals surface area contributed by atoms with Gasteiger partial charge in [-0.1, -0.05) is 36.4 Å². The Bertz CT molecular complexity index is 1040. The van der Waals surface area contributed by atoms with Crippen molar-refractivity contribution in [2.75, 3.05) is 11.9 Å². The molecule has 2 aromatic carbocycles. The first-order chi connectivity index (χ1) is 13.8. The number of benzene rings is 2. The molecule has 2 heterocycles. The van der Waals surface area contributed by atoms with E-state index in [-0.39, 0.29) is 5.69 Å². The molecule has 0 saturated heterocycles. The summed E-state index contributed by atoms with van der Waals surface area (Å²) in [5.74, 6) is 0.829. The van der Waals surface area contributed by atoms with Crippen LogP contribution in [0.4, 0.5) is 23.7 Å². The normalized spacial score (nSPS) is 13.9. The van der Waals surface area contributed by atoms with Crippen LogP contribution >= 0.6 is 0 Å². The Kier molecular flexibility index (Phi) is 4.77. The van der Waals surface area contributed by atoms with Crippen molar-refractivity contribution in [3.05, 3.63) is 71.5 Å². The lowest BCUT2D eigenvalue weighted by molar-refractivity contribution is -0.137. The van der Waals surface area contributed by atoms with Crippen molar-refractivity contribution in [1.82, 2.24) is 14.5 Å². The molecule has 1 N–H and O–H groups in total. The van der Waals surface area contributed by atoms with Crippen LogP contribution in [0.15, 0.2) is 54.6 Å². The molecule has 150 valence electrons. The first-order valence-corrected chi connectivity index (χ1v) is 9.16. The van der Waals surface area contributed by atoms with E-state index in [9.17, 15) is 18.0 Å². The second-order valence-electron chi connectivity index (χ2n) is 6.93. The fourth-order valence-corrected chi connectivity index (χ4v) is 3.48. The molecule has 3 aromatic rings. The number of alkyl halides is 3. The zero-order chi connectivity index (χ0) is 20.6. The van der Waals surface area contributed by atoms with Gasteiger partial charge in [0.2, 0.25) is 0 Å². The van der Waals surface area contributed by atoms with E-state index in [2.05, 4.69) is 5.32 Å². The predicted octanol–water partition coefficient (Wildman–Crippen LogP) is 4.70. The van der Waals surface area contributed by atoms with Crippen LogP contribution in [0.2, 0.25) is 0 Å². The van der Waals surface area contributed by atoms with E-state index in [1.54, 1.807) is 4.90 Å². The zero-order valence-electron chi connectivity index (χ0n) is 15.7. The largest absolute Gasteiger partial charge is 0.416 e. The van der Waals surface area contributed by atoms with Crippen LogP contribution in [0, 0.1) is 0 Å². The molecule has 0 bridgehead atoms. The molecule has 0 unspecified atom stereocenters. The van der Waals surface area contributed by atoms with Gasteiger partial charge in [0.1, 0.15) is 5.82 Å². The number of halogens is 3. The van der Waals surface area contributed by atoms with Crippen LogP contribution in [0.3, 0.4) is 0 Å². The highest BCUT2D eigenvalue weighted by atomic mass is 19.4. The lowest BCUT2D eigenvalue weighted by atomic mass is 10.1. The van der Waals surface area contributed by atoms with Gasteiger partial charge < -0.3 is 14.8 Å². The van der Waals surface area contributed by atoms with Gasteiger partial charge in [-0.3, -0.25) is 0 Å². The van der Waals surface area contributed by atoms with E-state index in [1.165, 1.54) is 12.1 Å². The Balaban J connectivity index is 1.52. The molecule has 0 spiro atoms. The highest BCUT2D eigenvalue weighted by Gasteiger charge is 2.31. The second kappa shape index (κ2) is 7.27. The second-order valence-corrected chi connectivity index (χ2v) is 6.93. The number of nitrogens with zero attached hydrogens (tertiary/aromatic N) is 3. The van der Waals surface area contributed by atoms with Gasteiger partial charge in [0, 0.05) is 31.3 Å². The highest BCUT2D eigenvalue weighted by molar-refractivity contribution is 5.89. The number of anilines is 1. The molecule has 0 radical (unpaired) electrons. The third-order valence-electron chi connectivity index (χ3n) is 5.02. The minimum atomic E-state index is -4.46. The Morgan fingerprint density at radius 3 is 2.59 bits per heavy atom. The molecule has 29 heavy (non-hydrogen) atoms. The third-order valence-corrected chi connectivity index (χ3v) is 5.02. The molecule has 0 saturated carbocycles. The number of aromatic nitrogens is 2. The van der Waals surface area contributed by atoms with Crippen LogP contribution in [-0.4, -0.2) is 27.0 Å². The number of fused-ring (bicyclic) bond motifs is 1. The fraction of sp³-hybridized carbons (Fsp3) is 0.238. The SMILES string of the molecule is Cn1c(-c2ccccc2)nc2c1CN(C(=O)Nc1cccc(C(F)(F)F)c1)CC2. The van der Waals surface area contributed by atoms with Gasteiger partial charge in [-0.25, -0.2) is 9.78 Å². The summed E-state index contributed by atoms with van der Waals surface area (Å²) in [4.78, 5) is 18.9. The lowest BCUT2D eigenvalue weighted by Crippen LogP contribution is -2.39. The monoisotopic (exact) mass is 400 g/mol. The molecule has 5 nitrogen and oxygen atoms in total. The predicted molar refractivity (Wildman–Crippen MR) is 103 cm³/mol. The maximum atomic E-state index is 12.9. The maximum Gasteiger partial charge on any atom is 0.416 e. The number of nitrogens with one attached hydrogen (secondary N) is 1. The van der Waals surface area contributed by atoms with Gasteiger partial charge in [0.15, 0.2) is 0 Å². The number of carbonyl (C=O) groups excluding carboxylic acids is 1. The Morgan fingerprint density at radius 2 is 1.86 bits per heavy atom. The molecule has 4 rings (SSSR count). The Labute approximate surface area is 165 Å². The number of urea groups is 1. The van der Waals surface area contributed by atoms with Crippen molar-refractivity contribution in [2.24, 2.45) is 7.05 Å². The number of carbonyl (C=O) groups is 1. The first kappa shape index (κ1) is 19.0. The third kappa shape index (κ3) is 3.83. The molecule has 1 aliphatic rings. The van der Waals surface area contributed by atoms with E-state index >= 15 is 0 Å². The fourth-order valence-electron chi connectivity index (χ4n) is 3.48. The highest BCUT2D eigenvalue weighted by Crippen LogP contribution is 2.31. The van der Waals surface area contributed by atoms with Crippen molar-refractivity contribution in [3.8, 4) is 11.4 Å². The molecule has 1 aromatic heterocycles. The van der Waals surface area contributed by atoms with E-state index in [1.807, 2.05) is 41.9 Å². The van der Waals surface area contributed by atoms with Crippen LogP contribution in [0.1, 0.15) is 17.0 Å². The summed E-state index contributed by atoms with van der Waals surface area (Å²) in [6, 6.07) is 14.0. The van der Waals surface area contributed by atoms with Crippen molar-refractivity contribution in [1.29, 1.82) is 0 Å². The van der Waals surface area contributed by atoms with Crippen LogP contribution < -0.4 is 5.32 Å². The molecular formula is C21H19F3N4O. The zero-order valence-corrected chi connectivity index (χ0v) is 15.7. The summed E-state index contributed by atoms with van der Waals surface area (Å²) in [7, 11) is 1.91. The molecule has 0 atom stereocenters. The average Bonchev–Trinajstić information content (AvgIpc) is 3.04. The van der Waals surface area contributed by atoms with E-state index < -0.39 is 17.8 Å². The molecule has 1 aliphatic heterocycles. The van der Waals surface area contributed by atoms with Crippen molar-refractivity contribution in [3.63, 3.8) is 0 Å². The van der Waals surface area contributed by atoms with Gasteiger partial charge >= 0.3 is 12.2 Å². The van der Waals surface area contributed by atoms with Gasteiger partial charge in [-0.2, -0.15) is 13.2 Å². The number of hydrogen-bond acceptors (Lipinski definition) is 2. The van der Waals surface area contributed by atoms with E-state index in [4.69, 9.17) is 4.98 Å². The van der Waals surface area contributed by atoms with Gasteiger partial charge in [-0.15, -0.1) is 0 Å². The average molecular weight is 400 g/mol. The molecule has 8 heteroatoms. The van der Waals surface area contributed by atoms with Crippen LogP contribution in [0.5, 0.6) is 0 Å². The maximum absolute atomic E-state index is 12.9. The van der Waals surface area contributed by atoms with Crippen molar-refractivity contribution >= 4 is 11.7 Å². The summed E-state index contributed by atoms with van der Waals surface area (Å²) >= 11 is 0.